The zero-order valence-corrected chi connectivity index (χ0v) is 21.0. The predicted molar refractivity (Wildman–Crippen MR) is 124 cm³/mol. The molecule has 2 unspecified atom stereocenters. The van der Waals surface area contributed by atoms with Crippen LogP contribution in [0.15, 0.2) is 30.3 Å². The van der Waals surface area contributed by atoms with Crippen LogP contribution in [0.4, 0.5) is 0 Å². The van der Waals surface area contributed by atoms with E-state index in [9.17, 15) is 9.59 Å². The maximum absolute atomic E-state index is 12.4. The van der Waals surface area contributed by atoms with Crippen LogP contribution in [-0.2, 0) is 30.2 Å². The number of hydrogen-bond donors (Lipinski definition) is 2. The fourth-order valence-corrected chi connectivity index (χ4v) is 3.52. The highest BCUT2D eigenvalue weighted by atomic mass is 31.2. The van der Waals surface area contributed by atoms with Crippen molar-refractivity contribution in [2.45, 2.75) is 74.1 Å². The van der Waals surface area contributed by atoms with Gasteiger partial charge in [-0.25, -0.2) is 10.2 Å². The third-order valence-electron chi connectivity index (χ3n) is 3.83. The van der Waals surface area contributed by atoms with E-state index in [0.717, 1.165) is 5.56 Å². The second-order valence-corrected chi connectivity index (χ2v) is 11.5. The molecule has 176 valence electrons. The van der Waals surface area contributed by atoms with Gasteiger partial charge in [-0.3, -0.25) is 9.59 Å². The zero-order valence-electron chi connectivity index (χ0n) is 20.2. The molecule has 1 aromatic rings. The van der Waals surface area contributed by atoms with Crippen LogP contribution in [0.1, 0.15) is 61.0 Å². The van der Waals surface area contributed by atoms with Crippen LogP contribution in [0, 0.1) is 10.8 Å². The molecule has 0 spiro atoms. The Kier molecular flexibility index (Phi) is 11.1. The highest BCUT2D eigenvalue weighted by Gasteiger charge is 2.26. The van der Waals surface area contributed by atoms with Gasteiger partial charge in [-0.15, -0.1) is 0 Å². The van der Waals surface area contributed by atoms with Gasteiger partial charge in [0.25, 0.3) is 0 Å². The van der Waals surface area contributed by atoms with E-state index in [4.69, 9.17) is 14.0 Å². The number of ether oxygens (including phenoxy) is 2. The van der Waals surface area contributed by atoms with Crippen molar-refractivity contribution < 1.29 is 23.6 Å². The van der Waals surface area contributed by atoms with E-state index in [1.165, 1.54) is 0 Å². The highest BCUT2D eigenvalue weighted by molar-refractivity contribution is 7.48. The summed E-state index contributed by atoms with van der Waals surface area (Å²) in [6, 6.07) is 8.50. The van der Waals surface area contributed by atoms with Crippen molar-refractivity contribution in [1.82, 2.24) is 10.2 Å². The maximum atomic E-state index is 12.4. The molecule has 0 fully saturated rings. The summed E-state index contributed by atoms with van der Waals surface area (Å²) >= 11 is 0. The van der Waals surface area contributed by atoms with Crippen molar-refractivity contribution in [3.05, 3.63) is 35.9 Å². The summed E-state index contributed by atoms with van der Waals surface area (Å²) in [7, 11) is -1.51. The second kappa shape index (κ2) is 12.5. The van der Waals surface area contributed by atoms with Gasteiger partial charge < -0.3 is 14.0 Å². The molecule has 8 heteroatoms. The summed E-state index contributed by atoms with van der Waals surface area (Å²) in [5, 5.41) is 6.26. The maximum Gasteiger partial charge on any atom is 0.323 e. The van der Waals surface area contributed by atoms with Crippen molar-refractivity contribution in [3.63, 3.8) is 0 Å². The average molecular weight is 455 g/mol. The molecule has 0 saturated carbocycles. The topological polar surface area (TPSA) is 85.9 Å². The van der Waals surface area contributed by atoms with Crippen LogP contribution in [0.5, 0.6) is 0 Å². The Balaban J connectivity index is 2.73. The molecule has 0 heterocycles. The van der Waals surface area contributed by atoms with E-state index < -0.39 is 20.5 Å². The molecule has 31 heavy (non-hydrogen) atoms. The minimum absolute atomic E-state index is 0.118. The number of carbonyl (C=O) groups excluding carboxylic acids is 2. The highest BCUT2D eigenvalue weighted by Crippen LogP contribution is 2.31. The number of esters is 2. The van der Waals surface area contributed by atoms with Gasteiger partial charge in [0.2, 0.25) is 0 Å². The Hall–Kier alpha value is -1.53. The Bertz CT molecular complexity index is 647. The molecule has 2 N–H and O–H groups in total. The number of hydrogen-bond acceptors (Lipinski definition) is 7. The molecule has 1 rings (SSSR count). The van der Waals surface area contributed by atoms with E-state index in [1.807, 2.05) is 71.9 Å². The summed E-state index contributed by atoms with van der Waals surface area (Å²) < 4.78 is 16.8. The minimum atomic E-state index is -1.51. The molecular formula is C23H39N2O5P. The van der Waals surface area contributed by atoms with Gasteiger partial charge in [0, 0.05) is 0 Å². The molecule has 7 nitrogen and oxygen atoms in total. The van der Waals surface area contributed by atoms with Gasteiger partial charge in [-0.2, -0.15) is 0 Å². The van der Waals surface area contributed by atoms with Crippen molar-refractivity contribution in [3.8, 4) is 0 Å². The molecular weight excluding hydrogens is 415 g/mol. The monoisotopic (exact) mass is 454 g/mol. The lowest BCUT2D eigenvalue weighted by molar-refractivity contribution is -0.148. The molecule has 0 aliphatic heterocycles. The Morgan fingerprint density at radius 1 is 0.839 bits per heavy atom. The molecule has 0 saturated heterocycles. The molecule has 0 aliphatic rings. The first kappa shape index (κ1) is 27.5. The van der Waals surface area contributed by atoms with Gasteiger partial charge in [0.05, 0.1) is 19.8 Å². The third kappa shape index (κ3) is 12.8. The number of carbonyl (C=O) groups is 2. The normalized spacial score (nSPS) is 15.1. The van der Waals surface area contributed by atoms with E-state index in [2.05, 4.69) is 10.2 Å². The quantitative estimate of drug-likeness (QED) is 0.374. The predicted octanol–water partition coefficient (Wildman–Crippen LogP) is 4.56. The van der Waals surface area contributed by atoms with E-state index in [1.54, 1.807) is 13.8 Å². The zero-order chi connectivity index (χ0) is 23.7. The smallest absolute Gasteiger partial charge is 0.323 e. The van der Waals surface area contributed by atoms with Crippen molar-refractivity contribution in [1.29, 1.82) is 0 Å². The summed E-state index contributed by atoms with van der Waals surface area (Å²) in [6.07, 6.45) is 0. The van der Waals surface area contributed by atoms with Crippen molar-refractivity contribution >= 4 is 20.4 Å². The molecule has 2 atom stereocenters. The lowest BCUT2D eigenvalue weighted by atomic mass is 9.99. The average Bonchev–Trinajstić information content (AvgIpc) is 2.67. The lowest BCUT2D eigenvalue weighted by Crippen LogP contribution is -2.41. The Morgan fingerprint density at radius 2 is 1.26 bits per heavy atom. The number of benzene rings is 1. The lowest BCUT2D eigenvalue weighted by Gasteiger charge is -2.26. The van der Waals surface area contributed by atoms with Crippen LogP contribution in [0.25, 0.3) is 0 Å². The van der Waals surface area contributed by atoms with E-state index in [-0.39, 0.29) is 22.8 Å². The Labute approximate surface area is 188 Å². The molecule has 0 bridgehead atoms. The Morgan fingerprint density at radius 3 is 1.65 bits per heavy atom. The van der Waals surface area contributed by atoms with Crippen LogP contribution in [0.3, 0.4) is 0 Å². The second-order valence-electron chi connectivity index (χ2n) is 10.1. The summed E-state index contributed by atoms with van der Waals surface area (Å²) in [5.74, 6) is -0.731. The number of rotatable bonds is 11. The summed E-state index contributed by atoms with van der Waals surface area (Å²) in [6.45, 7) is 16.4. The van der Waals surface area contributed by atoms with Crippen LogP contribution in [0.2, 0.25) is 0 Å². The summed E-state index contributed by atoms with van der Waals surface area (Å²) in [4.78, 5) is 24.8. The SMILES string of the molecule is CC(NP(NC(C)C(=O)OCC(C)(C)C)OCc1ccccc1)C(=O)OCC(C)(C)C. The van der Waals surface area contributed by atoms with Gasteiger partial charge in [-0.1, -0.05) is 71.9 Å². The van der Waals surface area contributed by atoms with Crippen molar-refractivity contribution in [2.75, 3.05) is 13.2 Å². The molecule has 1 aromatic carbocycles. The number of nitrogens with one attached hydrogen (secondary N) is 2. The largest absolute Gasteiger partial charge is 0.464 e. The molecule has 0 amide bonds. The van der Waals surface area contributed by atoms with Gasteiger partial charge in [0.15, 0.2) is 8.45 Å². The first-order valence-corrected chi connectivity index (χ1v) is 11.9. The minimum Gasteiger partial charge on any atom is -0.464 e. The third-order valence-corrected chi connectivity index (χ3v) is 5.46. The fourth-order valence-electron chi connectivity index (χ4n) is 2.11. The molecule has 0 aromatic heterocycles. The summed E-state index contributed by atoms with van der Waals surface area (Å²) in [5.41, 5.74) is 0.755. The van der Waals surface area contributed by atoms with E-state index in [0.29, 0.717) is 19.8 Å². The van der Waals surface area contributed by atoms with Crippen LogP contribution < -0.4 is 10.2 Å². The standard InChI is InChI=1S/C23H39N2O5P/c1-17(20(26)28-15-22(3,4)5)24-31(30-14-19-12-10-9-11-13-19)25-18(2)21(27)29-16-23(6,7)8/h9-13,17-18,24-25H,14-16H2,1-8H3. The van der Waals surface area contributed by atoms with Crippen molar-refractivity contribution in [2.24, 2.45) is 10.8 Å². The van der Waals surface area contributed by atoms with Gasteiger partial charge in [0.1, 0.15) is 12.1 Å². The van der Waals surface area contributed by atoms with Crippen LogP contribution in [-0.4, -0.2) is 37.2 Å². The first-order valence-electron chi connectivity index (χ1n) is 10.6. The van der Waals surface area contributed by atoms with Gasteiger partial charge >= 0.3 is 11.9 Å². The van der Waals surface area contributed by atoms with E-state index >= 15 is 0 Å². The van der Waals surface area contributed by atoms with Gasteiger partial charge in [-0.05, 0) is 30.2 Å². The fraction of sp³-hybridized carbons (Fsp3) is 0.652. The first-order chi connectivity index (χ1) is 14.3. The van der Waals surface area contributed by atoms with Crippen LogP contribution >= 0.6 is 8.45 Å². The molecule has 0 aliphatic carbocycles. The molecule has 0 radical (unpaired) electrons.